The van der Waals surface area contributed by atoms with Crippen molar-refractivity contribution in [1.82, 2.24) is 0 Å². The van der Waals surface area contributed by atoms with Crippen molar-refractivity contribution in [3.05, 3.63) is 59.9 Å². The van der Waals surface area contributed by atoms with Crippen molar-refractivity contribution < 1.29 is 23.4 Å². The fourth-order valence-electron chi connectivity index (χ4n) is 3.31. The second kappa shape index (κ2) is 10.7. The minimum Gasteiger partial charge on any atom is -0.490 e. The average Bonchev–Trinajstić information content (AvgIpc) is 2.72. The lowest BCUT2D eigenvalue weighted by Crippen LogP contribution is -2.33. The van der Waals surface area contributed by atoms with Gasteiger partial charge in [-0.3, -0.25) is 0 Å². The van der Waals surface area contributed by atoms with E-state index in [0.717, 1.165) is 11.6 Å². The van der Waals surface area contributed by atoms with Crippen LogP contribution in [-0.4, -0.2) is 23.5 Å². The Morgan fingerprint density at radius 3 is 2.47 bits per heavy atom. The first-order valence-electron chi connectivity index (χ1n) is 10.8. The third-order valence-corrected chi connectivity index (χ3v) is 5.07. The van der Waals surface area contributed by atoms with Crippen LogP contribution in [0.3, 0.4) is 0 Å². The summed E-state index contributed by atoms with van der Waals surface area (Å²) in [5, 5.41) is 18.2. The van der Waals surface area contributed by atoms with Gasteiger partial charge in [-0.05, 0) is 67.0 Å². The lowest BCUT2D eigenvalue weighted by atomic mass is 9.85. The number of allylic oxidation sites excluding steroid dienone is 1. The zero-order valence-electron chi connectivity index (χ0n) is 19.5. The highest BCUT2D eigenvalue weighted by Crippen LogP contribution is 2.36. The van der Waals surface area contributed by atoms with E-state index < -0.39 is 23.2 Å². The van der Waals surface area contributed by atoms with Gasteiger partial charge in [0.15, 0.2) is 11.6 Å². The molecule has 2 N–H and O–H groups in total. The van der Waals surface area contributed by atoms with Crippen molar-refractivity contribution >= 4 is 5.71 Å². The first-order valence-corrected chi connectivity index (χ1v) is 10.8. The maximum atomic E-state index is 14.6. The van der Waals surface area contributed by atoms with Crippen LogP contribution >= 0.6 is 0 Å². The Morgan fingerprint density at radius 1 is 1.19 bits per heavy atom. The van der Waals surface area contributed by atoms with Crippen LogP contribution in [0.1, 0.15) is 53.0 Å². The molecule has 0 fully saturated rings. The maximum absolute atomic E-state index is 14.6. The van der Waals surface area contributed by atoms with Crippen molar-refractivity contribution in [2.24, 2.45) is 5.41 Å². The SMILES string of the molecule is C=C(C)Oc1ccc(-c2ccc(F)c(F)c2OCCCC(=N)C(O)C(C)(C)C)cc1CC. The lowest BCUT2D eigenvalue weighted by Gasteiger charge is -2.26. The predicted octanol–water partition coefficient (Wildman–Crippen LogP) is 6.69. The van der Waals surface area contributed by atoms with Gasteiger partial charge in [-0.2, -0.15) is 4.39 Å². The van der Waals surface area contributed by atoms with Gasteiger partial charge >= 0.3 is 0 Å². The molecular weight excluding hydrogens is 412 g/mol. The summed E-state index contributed by atoms with van der Waals surface area (Å²) < 4.78 is 39.9. The van der Waals surface area contributed by atoms with Crippen LogP contribution in [0.25, 0.3) is 11.1 Å². The number of benzene rings is 2. The van der Waals surface area contributed by atoms with Crippen molar-refractivity contribution in [2.45, 2.75) is 60.0 Å². The average molecular weight is 446 g/mol. The Balaban J connectivity index is 2.22. The van der Waals surface area contributed by atoms with Crippen molar-refractivity contribution in [3.8, 4) is 22.6 Å². The van der Waals surface area contributed by atoms with Crippen molar-refractivity contribution in [3.63, 3.8) is 0 Å². The topological polar surface area (TPSA) is 62.5 Å². The Hall–Kier alpha value is -2.73. The van der Waals surface area contributed by atoms with Gasteiger partial charge in [-0.25, -0.2) is 4.39 Å². The smallest absolute Gasteiger partial charge is 0.201 e. The number of nitrogens with one attached hydrogen (secondary N) is 1. The number of rotatable bonds is 10. The van der Waals surface area contributed by atoms with Crippen LogP contribution in [0.2, 0.25) is 0 Å². The molecule has 1 atom stereocenters. The van der Waals surface area contributed by atoms with E-state index >= 15 is 0 Å². The molecule has 1 unspecified atom stereocenters. The Bertz CT molecular complexity index is 980. The second-order valence-corrected chi connectivity index (χ2v) is 8.96. The van der Waals surface area contributed by atoms with Crippen LogP contribution in [0, 0.1) is 22.5 Å². The fourth-order valence-corrected chi connectivity index (χ4v) is 3.31. The zero-order chi connectivity index (χ0) is 24.1. The number of aliphatic hydroxyl groups excluding tert-OH is 1. The largest absolute Gasteiger partial charge is 0.490 e. The van der Waals surface area contributed by atoms with E-state index in [1.165, 1.54) is 6.07 Å². The van der Waals surface area contributed by atoms with Gasteiger partial charge < -0.3 is 20.0 Å². The molecule has 2 aromatic carbocycles. The van der Waals surface area contributed by atoms with Gasteiger partial charge in [-0.15, -0.1) is 0 Å². The summed E-state index contributed by atoms with van der Waals surface area (Å²) in [6.45, 7) is 13.1. The number of hydrogen-bond acceptors (Lipinski definition) is 4. The van der Waals surface area contributed by atoms with E-state index in [1.54, 1.807) is 19.1 Å². The second-order valence-electron chi connectivity index (χ2n) is 8.96. The molecule has 2 aromatic rings. The standard InChI is InChI=1S/C26H33F2NO3/c1-7-17-15-18(10-13-22(17)32-16(2)3)19-11-12-20(27)23(28)24(19)31-14-8-9-21(29)25(30)26(4,5)6/h10-13,15,25,29-30H,2,7-9,14H2,1,3-6H3. The van der Waals surface area contributed by atoms with Crippen LogP contribution in [0.15, 0.2) is 42.7 Å². The van der Waals surface area contributed by atoms with E-state index in [1.807, 2.05) is 33.8 Å². The van der Waals surface area contributed by atoms with Crippen LogP contribution < -0.4 is 9.47 Å². The molecule has 0 saturated heterocycles. The van der Waals surface area contributed by atoms with Gasteiger partial charge in [0.1, 0.15) is 5.75 Å². The highest BCUT2D eigenvalue weighted by molar-refractivity contribution is 5.86. The minimum absolute atomic E-state index is 0.0874. The molecule has 0 amide bonds. The van der Waals surface area contributed by atoms with Gasteiger partial charge in [0.05, 0.1) is 18.5 Å². The molecule has 2 rings (SSSR count). The molecule has 6 heteroatoms. The summed E-state index contributed by atoms with van der Waals surface area (Å²) >= 11 is 0. The Labute approximate surface area is 189 Å². The van der Waals surface area contributed by atoms with Crippen LogP contribution in [-0.2, 0) is 6.42 Å². The third-order valence-electron chi connectivity index (χ3n) is 5.07. The van der Waals surface area contributed by atoms with E-state index in [9.17, 15) is 13.9 Å². The summed E-state index contributed by atoms with van der Waals surface area (Å²) in [7, 11) is 0. The van der Waals surface area contributed by atoms with Crippen LogP contribution in [0.4, 0.5) is 8.78 Å². The van der Waals surface area contributed by atoms with E-state index in [2.05, 4.69) is 6.58 Å². The number of aryl methyl sites for hydroxylation is 1. The normalized spacial score (nSPS) is 12.4. The molecule has 0 aliphatic carbocycles. The molecule has 0 bridgehead atoms. The summed E-state index contributed by atoms with van der Waals surface area (Å²) in [5.41, 5.74) is 1.79. The van der Waals surface area contributed by atoms with Gasteiger partial charge in [0.2, 0.25) is 5.82 Å². The van der Waals surface area contributed by atoms with Crippen LogP contribution in [0.5, 0.6) is 11.5 Å². The van der Waals surface area contributed by atoms with E-state index in [4.69, 9.17) is 14.9 Å². The first kappa shape index (κ1) is 25.5. The predicted molar refractivity (Wildman–Crippen MR) is 125 cm³/mol. The summed E-state index contributed by atoms with van der Waals surface area (Å²) in [4.78, 5) is 0. The van der Waals surface area contributed by atoms with E-state index in [0.29, 0.717) is 41.9 Å². The van der Waals surface area contributed by atoms with Gasteiger partial charge in [-0.1, -0.05) is 40.3 Å². The highest BCUT2D eigenvalue weighted by atomic mass is 19.2. The van der Waals surface area contributed by atoms with Gasteiger partial charge in [0.25, 0.3) is 0 Å². The third kappa shape index (κ3) is 6.39. The first-order chi connectivity index (χ1) is 15.0. The molecule has 0 spiro atoms. The molecule has 32 heavy (non-hydrogen) atoms. The molecule has 4 nitrogen and oxygen atoms in total. The maximum Gasteiger partial charge on any atom is 0.201 e. The molecule has 0 saturated carbocycles. The lowest BCUT2D eigenvalue weighted by molar-refractivity contribution is 0.119. The number of aliphatic hydroxyl groups is 1. The molecular formula is C26H33F2NO3. The molecule has 0 aromatic heterocycles. The fraction of sp³-hybridized carbons (Fsp3) is 0.423. The Kier molecular flexibility index (Phi) is 8.56. The summed E-state index contributed by atoms with van der Waals surface area (Å²) in [6.07, 6.45) is 0.524. The number of hydrogen-bond donors (Lipinski definition) is 2. The number of ether oxygens (including phenoxy) is 2. The molecule has 0 heterocycles. The van der Waals surface area contributed by atoms with Crippen molar-refractivity contribution in [2.75, 3.05) is 6.61 Å². The summed E-state index contributed by atoms with van der Waals surface area (Å²) in [5.74, 6) is -0.968. The molecule has 0 aliphatic heterocycles. The molecule has 174 valence electrons. The highest BCUT2D eigenvalue weighted by Gasteiger charge is 2.26. The van der Waals surface area contributed by atoms with Gasteiger partial charge in [0, 0.05) is 11.3 Å². The quantitative estimate of drug-likeness (QED) is 0.243. The zero-order valence-corrected chi connectivity index (χ0v) is 19.5. The van der Waals surface area contributed by atoms with Crippen molar-refractivity contribution in [1.29, 1.82) is 5.41 Å². The Morgan fingerprint density at radius 2 is 1.88 bits per heavy atom. The summed E-state index contributed by atoms with van der Waals surface area (Å²) in [6, 6.07) is 7.99. The number of halogens is 2. The monoisotopic (exact) mass is 445 g/mol. The molecule has 0 aliphatic rings. The molecule has 0 radical (unpaired) electrons. The minimum atomic E-state index is -1.05. The van der Waals surface area contributed by atoms with E-state index in [-0.39, 0.29) is 18.1 Å².